The van der Waals surface area contributed by atoms with Gasteiger partial charge in [-0.25, -0.2) is 9.97 Å². The van der Waals surface area contributed by atoms with E-state index >= 15 is 0 Å². The van der Waals surface area contributed by atoms with E-state index in [0.717, 1.165) is 83.0 Å². The van der Waals surface area contributed by atoms with E-state index in [9.17, 15) is 0 Å². The smallest absolute Gasteiger partial charge is 0.146 e. The topological polar surface area (TPSA) is 56.7 Å². The summed E-state index contributed by atoms with van der Waals surface area (Å²) < 4.78 is 11.5. The molecular weight excluding hydrogens is 723 g/mol. The van der Waals surface area contributed by atoms with Crippen LogP contribution < -0.4 is 4.74 Å². The van der Waals surface area contributed by atoms with Crippen LogP contribution in [0.1, 0.15) is 22.3 Å². The van der Waals surface area contributed by atoms with Crippen LogP contribution in [0, 0.1) is 27.7 Å². The van der Waals surface area contributed by atoms with Crippen LogP contribution >= 0.6 is 0 Å². The Labute approximate surface area is 339 Å². The molecule has 0 amide bonds. The van der Waals surface area contributed by atoms with Crippen molar-refractivity contribution in [3.05, 3.63) is 174 Å². The minimum atomic E-state index is 0.722. The lowest BCUT2D eigenvalue weighted by atomic mass is 9.86. The number of hydrogen-bond acceptors (Lipinski definition) is 4. The number of rotatable bonds is 4. The first-order valence-corrected chi connectivity index (χ1v) is 20.1. The number of hydrogen-bond donors (Lipinski definition) is 0. The third-order valence-corrected chi connectivity index (χ3v) is 12.3. The lowest BCUT2D eigenvalue weighted by Gasteiger charge is -2.21. The number of ether oxygens (including phenoxy) is 1. The van der Waals surface area contributed by atoms with Crippen LogP contribution in [0.25, 0.3) is 99.1 Å². The van der Waals surface area contributed by atoms with Crippen molar-refractivity contribution < 1.29 is 4.74 Å². The molecule has 0 bridgehead atoms. The Kier molecular flexibility index (Phi) is 7.09. The summed E-state index contributed by atoms with van der Waals surface area (Å²) in [5, 5.41) is 5.36. The highest BCUT2D eigenvalue weighted by molar-refractivity contribution is 6.22. The zero-order chi connectivity index (χ0) is 39.5. The second kappa shape index (κ2) is 12.5. The average Bonchev–Trinajstić information content (AvgIpc) is 3.84. The van der Waals surface area contributed by atoms with Crippen molar-refractivity contribution in [3.63, 3.8) is 0 Å². The largest absolute Gasteiger partial charge is 0.457 e. The lowest BCUT2D eigenvalue weighted by Crippen LogP contribution is -2.00. The van der Waals surface area contributed by atoms with Crippen molar-refractivity contribution in [1.82, 2.24) is 23.8 Å². The molecule has 6 nitrogen and oxygen atoms in total. The quantitative estimate of drug-likeness (QED) is 0.168. The van der Waals surface area contributed by atoms with Crippen LogP contribution in [-0.4, -0.2) is 23.8 Å². The van der Waals surface area contributed by atoms with Gasteiger partial charge in [0, 0.05) is 33.3 Å². The minimum absolute atomic E-state index is 0.722. The summed E-state index contributed by atoms with van der Waals surface area (Å²) in [7, 11) is 0. The van der Waals surface area contributed by atoms with Crippen LogP contribution in [0.4, 0.5) is 0 Å². The number of aromatic nitrogens is 5. The van der Waals surface area contributed by atoms with Gasteiger partial charge in [0.25, 0.3) is 0 Å². The van der Waals surface area contributed by atoms with Crippen LogP contribution in [0.5, 0.6) is 11.5 Å². The fourth-order valence-electron chi connectivity index (χ4n) is 9.76. The second-order valence-corrected chi connectivity index (χ2v) is 15.8. The van der Waals surface area contributed by atoms with Gasteiger partial charge in [0.1, 0.15) is 22.8 Å². The molecule has 0 radical (unpaired) electrons. The van der Waals surface area contributed by atoms with Crippen LogP contribution in [-0.2, 0) is 0 Å². The normalized spacial score (nSPS) is 12.1. The highest BCUT2D eigenvalue weighted by Crippen LogP contribution is 2.46. The van der Waals surface area contributed by atoms with Crippen molar-refractivity contribution in [2.45, 2.75) is 27.7 Å². The van der Waals surface area contributed by atoms with Crippen molar-refractivity contribution in [3.8, 4) is 33.8 Å². The molecule has 0 aliphatic heterocycles. The zero-order valence-corrected chi connectivity index (χ0v) is 33.1. The van der Waals surface area contributed by atoms with Gasteiger partial charge in [0.2, 0.25) is 0 Å². The monoisotopic (exact) mass is 759 g/mol. The first-order valence-electron chi connectivity index (χ1n) is 20.1. The Morgan fingerprint density at radius 1 is 0.441 bits per heavy atom. The summed E-state index contributed by atoms with van der Waals surface area (Å²) in [5.74, 6) is 1.45. The highest BCUT2D eigenvalue weighted by atomic mass is 16.5. The van der Waals surface area contributed by atoms with Crippen LogP contribution in [0.3, 0.4) is 0 Å². The van der Waals surface area contributed by atoms with Gasteiger partial charge in [-0.05, 0) is 145 Å². The number of benzene rings is 7. The molecule has 0 atom stereocenters. The molecule has 0 saturated carbocycles. The molecule has 0 aliphatic rings. The zero-order valence-electron chi connectivity index (χ0n) is 33.1. The fraction of sp³-hybridized carbons (Fsp3) is 0.0755. The average molecular weight is 760 g/mol. The maximum absolute atomic E-state index is 6.85. The fourth-order valence-corrected chi connectivity index (χ4v) is 9.76. The third kappa shape index (κ3) is 4.83. The van der Waals surface area contributed by atoms with Crippen LogP contribution in [0.2, 0.25) is 0 Å². The van der Waals surface area contributed by atoms with Gasteiger partial charge in [-0.1, -0.05) is 72.8 Å². The van der Waals surface area contributed by atoms with Gasteiger partial charge in [0.05, 0.1) is 38.6 Å². The molecular formula is C53H37N5O. The first kappa shape index (κ1) is 33.6. The molecule has 0 saturated heterocycles. The van der Waals surface area contributed by atoms with Crippen molar-refractivity contribution in [2.24, 2.45) is 0 Å². The Morgan fingerprint density at radius 2 is 0.966 bits per heavy atom. The van der Waals surface area contributed by atoms with E-state index in [0.29, 0.717) is 0 Å². The number of aryl methyl sites for hydroxylation is 4. The highest BCUT2D eigenvalue weighted by Gasteiger charge is 2.23. The molecule has 0 N–H and O–H groups in total. The van der Waals surface area contributed by atoms with Gasteiger partial charge in [-0.15, -0.1) is 0 Å². The first-order chi connectivity index (χ1) is 28.9. The van der Waals surface area contributed by atoms with E-state index in [1.54, 1.807) is 0 Å². The molecule has 280 valence electrons. The summed E-state index contributed by atoms with van der Waals surface area (Å²) in [6.07, 6.45) is 1.85. The summed E-state index contributed by atoms with van der Waals surface area (Å²) in [6, 6.07) is 51.4. The summed E-state index contributed by atoms with van der Waals surface area (Å²) in [4.78, 5) is 15.3. The number of para-hydroxylation sites is 4. The van der Waals surface area contributed by atoms with Crippen LogP contribution in [0.15, 0.2) is 152 Å². The second-order valence-electron chi connectivity index (χ2n) is 15.8. The van der Waals surface area contributed by atoms with Gasteiger partial charge in [-0.2, -0.15) is 0 Å². The third-order valence-electron chi connectivity index (χ3n) is 12.3. The van der Waals surface area contributed by atoms with Gasteiger partial charge in [-0.3, -0.25) is 13.8 Å². The Morgan fingerprint density at radius 3 is 1.63 bits per heavy atom. The summed E-state index contributed by atoms with van der Waals surface area (Å²) in [5.41, 5.74) is 18.8. The van der Waals surface area contributed by atoms with Gasteiger partial charge >= 0.3 is 0 Å². The SMILES string of the molecule is Cc1cccc(C)c1-c1ccc(-c2c(C)cccc2C)c2c1c1ccc(Oc3ccc4c(c3)c3nc5ccccc5n3c3cccnc43)cc1c1nc3ccccc3n12. The lowest BCUT2D eigenvalue weighted by molar-refractivity contribution is 0.484. The minimum Gasteiger partial charge on any atom is -0.457 e. The van der Waals surface area contributed by atoms with Gasteiger partial charge in [0.15, 0.2) is 0 Å². The number of imidazole rings is 2. The molecule has 12 rings (SSSR count). The molecule has 0 aliphatic carbocycles. The molecule has 6 heteroatoms. The number of nitrogens with zero attached hydrogens (tertiary/aromatic N) is 5. The Balaban J connectivity index is 1.15. The standard InChI is InChI=1S/C53H37N5O/c1-30-12-9-13-31(2)47(30)38-25-26-39(48-32(3)14-10-15-33(48)4)51-49(38)36-23-21-34(28-40(36)53-56-43-17-6-8-19-45(43)58(51)53)59-35-22-24-37-41(29-35)52-55-42-16-5-7-18-44(42)57(52)46-20-11-27-54-50(37)46/h5-29H,1-4H3. The maximum Gasteiger partial charge on any atom is 0.146 e. The number of fused-ring (bicyclic) bond motifs is 16. The van der Waals surface area contributed by atoms with E-state index in [2.05, 4.69) is 164 Å². The molecule has 5 heterocycles. The van der Waals surface area contributed by atoms with E-state index in [-0.39, 0.29) is 0 Å². The Bertz CT molecular complexity index is 3720. The number of pyridine rings is 3. The van der Waals surface area contributed by atoms with E-state index in [1.165, 1.54) is 49.9 Å². The van der Waals surface area contributed by atoms with E-state index < -0.39 is 0 Å². The maximum atomic E-state index is 6.85. The van der Waals surface area contributed by atoms with E-state index in [1.807, 2.05) is 24.4 Å². The summed E-state index contributed by atoms with van der Waals surface area (Å²) in [6.45, 7) is 8.87. The Hall–Kier alpha value is -7.57. The molecule has 0 fully saturated rings. The predicted octanol–water partition coefficient (Wildman–Crippen LogP) is 13.7. The molecule has 0 unspecified atom stereocenters. The van der Waals surface area contributed by atoms with Crippen molar-refractivity contribution in [1.29, 1.82) is 0 Å². The van der Waals surface area contributed by atoms with E-state index in [4.69, 9.17) is 19.7 Å². The molecule has 5 aromatic heterocycles. The molecule has 12 aromatic rings. The van der Waals surface area contributed by atoms with Gasteiger partial charge < -0.3 is 4.74 Å². The summed E-state index contributed by atoms with van der Waals surface area (Å²) >= 11 is 0. The van der Waals surface area contributed by atoms with Crippen molar-refractivity contribution >= 4 is 76.8 Å². The molecule has 59 heavy (non-hydrogen) atoms. The van der Waals surface area contributed by atoms with Crippen molar-refractivity contribution in [2.75, 3.05) is 0 Å². The predicted molar refractivity (Wildman–Crippen MR) is 243 cm³/mol. The molecule has 0 spiro atoms. The molecule has 7 aromatic carbocycles.